The van der Waals surface area contributed by atoms with E-state index in [0.717, 1.165) is 38.0 Å². The van der Waals surface area contributed by atoms with E-state index in [4.69, 9.17) is 4.74 Å². The Labute approximate surface area is 113 Å². The van der Waals surface area contributed by atoms with Gasteiger partial charge in [0.05, 0.1) is 19.7 Å². The fourth-order valence-corrected chi connectivity index (χ4v) is 3.09. The van der Waals surface area contributed by atoms with Crippen molar-refractivity contribution in [1.29, 1.82) is 0 Å². The molecule has 0 spiro atoms. The molecule has 0 unspecified atom stereocenters. The van der Waals surface area contributed by atoms with Crippen molar-refractivity contribution in [2.75, 3.05) is 39.9 Å². The Morgan fingerprint density at radius 1 is 1.32 bits per heavy atom. The number of nitrogens with zero attached hydrogens (tertiary/aromatic N) is 6. The first-order valence-corrected chi connectivity index (χ1v) is 7.07. The van der Waals surface area contributed by atoms with Crippen LogP contribution in [0, 0.1) is 0 Å². The van der Waals surface area contributed by atoms with Crippen molar-refractivity contribution in [3.05, 3.63) is 5.82 Å². The minimum atomic E-state index is 0.647. The standard InChI is InChI=1S/C12H22N6O/c1-19-8-7-18-12(13-14-15-18)10-16-5-6-17-4-2-3-11(17)9-16/h11H,2-10H2,1H3/t11-/m0/s1. The molecule has 2 fully saturated rings. The normalized spacial score (nSPS) is 24.8. The highest BCUT2D eigenvalue weighted by atomic mass is 16.5. The molecule has 0 saturated carbocycles. The van der Waals surface area contributed by atoms with Crippen LogP contribution >= 0.6 is 0 Å². The molecule has 1 aromatic heterocycles. The van der Waals surface area contributed by atoms with Crippen LogP contribution in [0.5, 0.6) is 0 Å². The van der Waals surface area contributed by atoms with Gasteiger partial charge in [-0.05, 0) is 29.8 Å². The van der Waals surface area contributed by atoms with Crippen LogP contribution in [0.25, 0.3) is 0 Å². The number of aromatic nitrogens is 4. The van der Waals surface area contributed by atoms with Crippen LogP contribution in [-0.2, 0) is 17.8 Å². The van der Waals surface area contributed by atoms with Crippen LogP contribution in [0.3, 0.4) is 0 Å². The van der Waals surface area contributed by atoms with Gasteiger partial charge in [0.25, 0.3) is 0 Å². The van der Waals surface area contributed by atoms with E-state index in [-0.39, 0.29) is 0 Å². The third kappa shape index (κ3) is 2.93. The van der Waals surface area contributed by atoms with E-state index in [2.05, 4.69) is 25.3 Å². The lowest BCUT2D eigenvalue weighted by Gasteiger charge is -2.37. The maximum Gasteiger partial charge on any atom is 0.165 e. The van der Waals surface area contributed by atoms with Gasteiger partial charge in [-0.15, -0.1) is 5.10 Å². The number of piperazine rings is 1. The molecule has 106 valence electrons. The SMILES string of the molecule is COCCn1nnnc1CN1CCN2CCC[C@H]2C1. The van der Waals surface area contributed by atoms with Crippen LogP contribution in [0.2, 0.25) is 0 Å². The third-order valence-corrected chi connectivity index (χ3v) is 4.15. The van der Waals surface area contributed by atoms with Gasteiger partial charge in [-0.25, -0.2) is 4.68 Å². The van der Waals surface area contributed by atoms with E-state index < -0.39 is 0 Å². The Bertz CT molecular complexity index is 409. The zero-order valence-electron chi connectivity index (χ0n) is 11.5. The van der Waals surface area contributed by atoms with Gasteiger partial charge in [0, 0.05) is 32.8 Å². The molecular weight excluding hydrogens is 244 g/mol. The van der Waals surface area contributed by atoms with E-state index in [1.807, 2.05) is 4.68 Å². The van der Waals surface area contributed by atoms with Gasteiger partial charge in [0.1, 0.15) is 0 Å². The largest absolute Gasteiger partial charge is 0.383 e. The molecular formula is C12H22N6O. The minimum absolute atomic E-state index is 0.647. The van der Waals surface area contributed by atoms with Crippen molar-refractivity contribution < 1.29 is 4.74 Å². The summed E-state index contributed by atoms with van der Waals surface area (Å²) in [5, 5.41) is 11.9. The second-order valence-corrected chi connectivity index (χ2v) is 5.38. The molecule has 7 nitrogen and oxygen atoms in total. The van der Waals surface area contributed by atoms with Crippen molar-refractivity contribution in [2.24, 2.45) is 0 Å². The van der Waals surface area contributed by atoms with E-state index in [9.17, 15) is 0 Å². The Hall–Kier alpha value is -1.05. The van der Waals surface area contributed by atoms with Crippen LogP contribution in [-0.4, -0.2) is 75.9 Å². The summed E-state index contributed by atoms with van der Waals surface area (Å²) in [6, 6.07) is 0.747. The Balaban J connectivity index is 1.57. The Kier molecular flexibility index (Phi) is 4.05. The van der Waals surface area contributed by atoms with E-state index in [1.165, 1.54) is 25.9 Å². The van der Waals surface area contributed by atoms with Gasteiger partial charge in [0.2, 0.25) is 0 Å². The van der Waals surface area contributed by atoms with Gasteiger partial charge >= 0.3 is 0 Å². The molecule has 7 heteroatoms. The predicted molar refractivity (Wildman–Crippen MR) is 69.6 cm³/mol. The van der Waals surface area contributed by atoms with Gasteiger partial charge in [-0.1, -0.05) is 0 Å². The van der Waals surface area contributed by atoms with Crippen LogP contribution in [0.4, 0.5) is 0 Å². The minimum Gasteiger partial charge on any atom is -0.383 e. The van der Waals surface area contributed by atoms with Gasteiger partial charge < -0.3 is 4.74 Å². The zero-order valence-corrected chi connectivity index (χ0v) is 11.5. The molecule has 2 aliphatic heterocycles. The summed E-state index contributed by atoms with van der Waals surface area (Å²) in [4.78, 5) is 5.09. The molecule has 3 rings (SSSR count). The maximum atomic E-state index is 5.08. The molecule has 0 bridgehead atoms. The lowest BCUT2D eigenvalue weighted by molar-refractivity contribution is 0.0954. The monoisotopic (exact) mass is 266 g/mol. The number of hydrogen-bond donors (Lipinski definition) is 0. The van der Waals surface area contributed by atoms with Crippen molar-refractivity contribution in [2.45, 2.75) is 32.0 Å². The maximum absolute atomic E-state index is 5.08. The molecule has 1 atom stereocenters. The fourth-order valence-electron chi connectivity index (χ4n) is 3.09. The number of ether oxygens (including phenoxy) is 1. The first-order valence-electron chi connectivity index (χ1n) is 7.07. The smallest absolute Gasteiger partial charge is 0.165 e. The number of hydrogen-bond acceptors (Lipinski definition) is 6. The van der Waals surface area contributed by atoms with E-state index >= 15 is 0 Å². The average Bonchev–Trinajstić information content (AvgIpc) is 3.05. The molecule has 2 aliphatic rings. The summed E-state index contributed by atoms with van der Waals surface area (Å²) < 4.78 is 6.93. The lowest BCUT2D eigenvalue weighted by atomic mass is 10.1. The fraction of sp³-hybridized carbons (Fsp3) is 0.917. The number of methoxy groups -OCH3 is 1. The second kappa shape index (κ2) is 5.94. The third-order valence-electron chi connectivity index (χ3n) is 4.15. The van der Waals surface area contributed by atoms with Crippen LogP contribution in [0.15, 0.2) is 0 Å². The van der Waals surface area contributed by atoms with Crippen molar-refractivity contribution in [3.8, 4) is 0 Å². The molecule has 19 heavy (non-hydrogen) atoms. The zero-order chi connectivity index (χ0) is 13.1. The average molecular weight is 266 g/mol. The number of rotatable bonds is 5. The van der Waals surface area contributed by atoms with Gasteiger partial charge in [-0.3, -0.25) is 9.80 Å². The van der Waals surface area contributed by atoms with Crippen molar-refractivity contribution in [3.63, 3.8) is 0 Å². The molecule has 1 aromatic rings. The van der Waals surface area contributed by atoms with Crippen molar-refractivity contribution >= 4 is 0 Å². The Morgan fingerprint density at radius 2 is 2.26 bits per heavy atom. The van der Waals surface area contributed by atoms with Crippen LogP contribution in [0.1, 0.15) is 18.7 Å². The molecule has 0 aliphatic carbocycles. The second-order valence-electron chi connectivity index (χ2n) is 5.38. The van der Waals surface area contributed by atoms with Gasteiger partial charge in [0.15, 0.2) is 5.82 Å². The highest BCUT2D eigenvalue weighted by Crippen LogP contribution is 2.22. The summed E-state index contributed by atoms with van der Waals surface area (Å²) in [7, 11) is 1.70. The summed E-state index contributed by atoms with van der Waals surface area (Å²) in [6.45, 7) is 6.96. The summed E-state index contributed by atoms with van der Waals surface area (Å²) in [5.74, 6) is 0.948. The van der Waals surface area contributed by atoms with E-state index in [0.29, 0.717) is 6.61 Å². The number of tetrazole rings is 1. The molecule has 3 heterocycles. The predicted octanol–water partition coefficient (Wildman–Crippen LogP) is -0.400. The summed E-state index contributed by atoms with van der Waals surface area (Å²) >= 11 is 0. The number of fused-ring (bicyclic) bond motifs is 1. The highest BCUT2D eigenvalue weighted by molar-refractivity contribution is 4.90. The van der Waals surface area contributed by atoms with Crippen molar-refractivity contribution in [1.82, 2.24) is 30.0 Å². The highest BCUT2D eigenvalue weighted by Gasteiger charge is 2.30. The molecule has 2 saturated heterocycles. The molecule has 0 radical (unpaired) electrons. The van der Waals surface area contributed by atoms with Gasteiger partial charge in [-0.2, -0.15) is 0 Å². The molecule has 0 amide bonds. The molecule has 0 aromatic carbocycles. The molecule has 0 N–H and O–H groups in total. The van der Waals surface area contributed by atoms with E-state index in [1.54, 1.807) is 7.11 Å². The first kappa shape index (κ1) is 13.0. The lowest BCUT2D eigenvalue weighted by Crippen LogP contribution is -2.49. The topological polar surface area (TPSA) is 59.3 Å². The first-order chi connectivity index (χ1) is 9.36. The quantitative estimate of drug-likeness (QED) is 0.723. The van der Waals surface area contributed by atoms with Crippen LogP contribution < -0.4 is 0 Å². The summed E-state index contributed by atoms with van der Waals surface area (Å²) in [5.41, 5.74) is 0. The Morgan fingerprint density at radius 3 is 3.16 bits per heavy atom. The summed E-state index contributed by atoms with van der Waals surface area (Å²) in [6.07, 6.45) is 2.69.